The zero-order valence-electron chi connectivity index (χ0n) is 18.1. The molecule has 8 heteroatoms. The molecule has 0 bridgehead atoms. The zero-order chi connectivity index (χ0) is 22.5. The van der Waals surface area contributed by atoms with Gasteiger partial charge in [-0.3, -0.25) is 4.79 Å². The van der Waals surface area contributed by atoms with Crippen molar-refractivity contribution in [3.05, 3.63) is 58.7 Å². The summed E-state index contributed by atoms with van der Waals surface area (Å²) in [7, 11) is 4.64. The van der Waals surface area contributed by atoms with Crippen molar-refractivity contribution in [2.75, 3.05) is 21.3 Å². The quantitative estimate of drug-likeness (QED) is 0.482. The van der Waals surface area contributed by atoms with Gasteiger partial charge in [-0.05, 0) is 38.1 Å². The van der Waals surface area contributed by atoms with E-state index in [-0.39, 0.29) is 18.5 Å². The maximum Gasteiger partial charge on any atom is 0.255 e. The molecule has 0 spiro atoms. The summed E-state index contributed by atoms with van der Waals surface area (Å²) in [6.45, 7) is 4.15. The third-order valence-corrected chi connectivity index (χ3v) is 5.16. The molecule has 1 aromatic heterocycles. The fourth-order valence-corrected chi connectivity index (χ4v) is 3.42. The molecule has 0 aliphatic rings. The molecule has 2 aromatic carbocycles. The lowest BCUT2D eigenvalue weighted by molar-refractivity contribution is 0.0686. The first-order valence-electron chi connectivity index (χ1n) is 9.71. The van der Waals surface area contributed by atoms with E-state index < -0.39 is 0 Å². The molecule has 3 rings (SSSR count). The monoisotopic (exact) mass is 444 g/mol. The molecule has 3 aromatic rings. The Morgan fingerprint density at radius 1 is 1.06 bits per heavy atom. The molecule has 0 aliphatic carbocycles. The predicted molar refractivity (Wildman–Crippen MR) is 118 cm³/mol. The maximum atomic E-state index is 13.1. The molecule has 1 heterocycles. The first-order valence-corrected chi connectivity index (χ1v) is 10.1. The van der Waals surface area contributed by atoms with E-state index in [0.29, 0.717) is 44.9 Å². The number of aromatic nitrogens is 1. The van der Waals surface area contributed by atoms with Crippen molar-refractivity contribution in [2.45, 2.75) is 26.4 Å². The summed E-state index contributed by atoms with van der Waals surface area (Å²) in [5.74, 6) is 1.85. The van der Waals surface area contributed by atoms with Crippen LogP contribution in [0.1, 0.15) is 29.9 Å². The van der Waals surface area contributed by atoms with Gasteiger partial charge in [0.1, 0.15) is 5.69 Å². The minimum atomic E-state index is -0.169. The Balaban J connectivity index is 1.89. The molecule has 1 amide bonds. The van der Waals surface area contributed by atoms with Gasteiger partial charge in [-0.1, -0.05) is 28.9 Å². The van der Waals surface area contributed by atoms with Crippen molar-refractivity contribution in [2.24, 2.45) is 0 Å². The number of nitrogens with zero attached hydrogens (tertiary/aromatic N) is 2. The second-order valence-electron chi connectivity index (χ2n) is 7.10. The topological polar surface area (TPSA) is 74.0 Å². The van der Waals surface area contributed by atoms with Crippen LogP contribution in [0.3, 0.4) is 0 Å². The molecule has 0 N–H and O–H groups in total. The van der Waals surface area contributed by atoms with E-state index in [4.69, 9.17) is 30.3 Å². The number of carbonyl (C=O) groups is 1. The van der Waals surface area contributed by atoms with Crippen LogP contribution in [-0.4, -0.2) is 43.3 Å². The number of carbonyl (C=O) groups excluding carboxylic acids is 1. The third kappa shape index (κ3) is 4.77. The third-order valence-electron chi connectivity index (χ3n) is 4.83. The van der Waals surface area contributed by atoms with Gasteiger partial charge in [-0.2, -0.15) is 0 Å². The highest BCUT2D eigenvalue weighted by atomic mass is 35.5. The number of rotatable bonds is 8. The van der Waals surface area contributed by atoms with Crippen LogP contribution in [-0.2, 0) is 6.54 Å². The Morgan fingerprint density at radius 3 is 2.26 bits per heavy atom. The second-order valence-corrected chi connectivity index (χ2v) is 7.51. The van der Waals surface area contributed by atoms with Gasteiger partial charge in [0.15, 0.2) is 17.3 Å². The first kappa shape index (κ1) is 22.5. The van der Waals surface area contributed by atoms with Crippen LogP contribution in [0.25, 0.3) is 11.3 Å². The van der Waals surface area contributed by atoms with Gasteiger partial charge in [0.05, 0.1) is 38.5 Å². The largest absolute Gasteiger partial charge is 0.493 e. The van der Waals surface area contributed by atoms with Gasteiger partial charge in [-0.25, -0.2) is 0 Å². The average Bonchev–Trinajstić information content (AvgIpc) is 3.24. The molecule has 31 heavy (non-hydrogen) atoms. The van der Waals surface area contributed by atoms with Crippen LogP contribution in [0.5, 0.6) is 17.2 Å². The lowest BCUT2D eigenvalue weighted by Gasteiger charge is -2.26. The fourth-order valence-electron chi connectivity index (χ4n) is 3.20. The van der Waals surface area contributed by atoms with Crippen LogP contribution in [0.15, 0.2) is 47.0 Å². The van der Waals surface area contributed by atoms with E-state index in [0.717, 1.165) is 0 Å². The SMILES string of the molecule is COc1cc(-c2cc(CN(C(=O)c3ccccc3Cl)C(C)C)no2)cc(OC)c1OC. The summed E-state index contributed by atoms with van der Waals surface area (Å²) >= 11 is 6.22. The van der Waals surface area contributed by atoms with E-state index in [2.05, 4.69) is 5.16 Å². The van der Waals surface area contributed by atoms with E-state index in [9.17, 15) is 4.79 Å². The van der Waals surface area contributed by atoms with Crippen molar-refractivity contribution in [1.29, 1.82) is 0 Å². The molecule has 164 valence electrons. The number of hydrogen-bond acceptors (Lipinski definition) is 6. The summed E-state index contributed by atoms with van der Waals surface area (Å²) in [6.07, 6.45) is 0. The Bertz CT molecular complexity index is 1040. The average molecular weight is 445 g/mol. The summed E-state index contributed by atoms with van der Waals surface area (Å²) in [5.41, 5.74) is 1.77. The predicted octanol–water partition coefficient (Wildman–Crippen LogP) is 5.07. The number of benzene rings is 2. The highest BCUT2D eigenvalue weighted by Gasteiger charge is 2.23. The van der Waals surface area contributed by atoms with E-state index in [1.165, 1.54) is 0 Å². The summed E-state index contributed by atoms with van der Waals surface area (Å²) in [5, 5.41) is 4.57. The lowest BCUT2D eigenvalue weighted by Crippen LogP contribution is -2.36. The molecule has 0 saturated heterocycles. The molecule has 0 radical (unpaired) electrons. The zero-order valence-corrected chi connectivity index (χ0v) is 18.9. The van der Waals surface area contributed by atoms with Crippen molar-refractivity contribution in [3.63, 3.8) is 0 Å². The Labute approximate surface area is 186 Å². The van der Waals surface area contributed by atoms with Crippen LogP contribution in [0.4, 0.5) is 0 Å². The van der Waals surface area contributed by atoms with Crippen LogP contribution in [0.2, 0.25) is 5.02 Å². The summed E-state index contributed by atoms with van der Waals surface area (Å²) in [4.78, 5) is 14.8. The highest BCUT2D eigenvalue weighted by molar-refractivity contribution is 6.33. The van der Waals surface area contributed by atoms with Gasteiger partial charge < -0.3 is 23.6 Å². The normalized spacial score (nSPS) is 10.8. The van der Waals surface area contributed by atoms with E-state index >= 15 is 0 Å². The van der Waals surface area contributed by atoms with Crippen molar-refractivity contribution >= 4 is 17.5 Å². The van der Waals surface area contributed by atoms with E-state index in [1.807, 2.05) is 13.8 Å². The molecule has 0 atom stereocenters. The highest BCUT2D eigenvalue weighted by Crippen LogP contribution is 2.41. The Kier molecular flexibility index (Phi) is 7.07. The van der Waals surface area contributed by atoms with Crippen molar-refractivity contribution in [1.82, 2.24) is 10.1 Å². The van der Waals surface area contributed by atoms with Crippen molar-refractivity contribution in [3.8, 4) is 28.6 Å². The molecule has 0 saturated carbocycles. The number of methoxy groups -OCH3 is 3. The minimum Gasteiger partial charge on any atom is -0.493 e. The van der Waals surface area contributed by atoms with Crippen LogP contribution < -0.4 is 14.2 Å². The van der Waals surface area contributed by atoms with Gasteiger partial charge in [-0.15, -0.1) is 0 Å². The molecule has 0 fully saturated rings. The van der Waals surface area contributed by atoms with Crippen molar-refractivity contribution < 1.29 is 23.5 Å². The standard InChI is InChI=1S/C23H25ClN2O5/c1-14(2)26(23(27)17-8-6-7-9-18(17)24)13-16-12-19(31-25-16)15-10-20(28-3)22(30-5)21(11-15)29-4/h6-12,14H,13H2,1-5H3. The fraction of sp³-hybridized carbons (Fsp3) is 0.304. The first-order chi connectivity index (χ1) is 14.9. The van der Waals surface area contributed by atoms with Gasteiger partial charge >= 0.3 is 0 Å². The van der Waals surface area contributed by atoms with Crippen LogP contribution >= 0.6 is 11.6 Å². The molecule has 0 unspecified atom stereocenters. The van der Waals surface area contributed by atoms with Gasteiger partial charge in [0.2, 0.25) is 5.75 Å². The summed E-state index contributed by atoms with van der Waals surface area (Å²) < 4.78 is 21.7. The Hall–Kier alpha value is -3.19. The number of hydrogen-bond donors (Lipinski definition) is 0. The van der Waals surface area contributed by atoms with Gasteiger partial charge in [0.25, 0.3) is 5.91 Å². The molecule has 7 nitrogen and oxygen atoms in total. The smallest absolute Gasteiger partial charge is 0.255 e. The summed E-state index contributed by atoms with van der Waals surface area (Å²) in [6, 6.07) is 12.3. The Morgan fingerprint density at radius 2 is 1.71 bits per heavy atom. The maximum absolute atomic E-state index is 13.1. The molecular weight excluding hydrogens is 420 g/mol. The molecule has 0 aliphatic heterocycles. The number of amides is 1. The minimum absolute atomic E-state index is 0.0647. The molecular formula is C23H25ClN2O5. The number of ether oxygens (including phenoxy) is 3. The lowest BCUT2D eigenvalue weighted by atomic mass is 10.1. The van der Waals surface area contributed by atoms with Gasteiger partial charge in [0, 0.05) is 17.7 Å². The number of halogens is 1. The second kappa shape index (κ2) is 9.75. The van der Waals surface area contributed by atoms with E-state index in [1.54, 1.807) is 68.7 Å². The van der Waals surface area contributed by atoms with Crippen LogP contribution in [0, 0.1) is 0 Å².